The van der Waals surface area contributed by atoms with Gasteiger partial charge in [-0.1, -0.05) is 12.1 Å². The third-order valence-corrected chi connectivity index (χ3v) is 6.27. The molecule has 1 aliphatic rings. The van der Waals surface area contributed by atoms with E-state index in [-0.39, 0.29) is 18.1 Å². The summed E-state index contributed by atoms with van der Waals surface area (Å²) in [4.78, 5) is 6.97. The van der Waals surface area contributed by atoms with Crippen molar-refractivity contribution in [2.45, 2.75) is 59.7 Å². The fraction of sp³-hybridized carbons (Fsp3) is 0.360. The first-order chi connectivity index (χ1) is 14.3. The summed E-state index contributed by atoms with van der Waals surface area (Å²) >= 11 is 5.76. The number of aryl methyl sites for hydroxylation is 3. The SMILES string of the molecule is Cc1cc(C)cc(-n2c(C)cc([C@@H]3[C@H](c4ccccn4)NC(=S)N3C(C)C)c2C)c1. The molecule has 0 spiro atoms. The molecule has 0 aliphatic carbocycles. The van der Waals surface area contributed by atoms with Crippen molar-refractivity contribution in [1.29, 1.82) is 0 Å². The normalized spacial score (nSPS) is 18.9. The van der Waals surface area contributed by atoms with Crippen molar-refractivity contribution in [3.05, 3.63) is 82.4 Å². The van der Waals surface area contributed by atoms with Gasteiger partial charge in [0.15, 0.2) is 5.11 Å². The molecule has 2 aromatic heterocycles. The van der Waals surface area contributed by atoms with Crippen LogP contribution < -0.4 is 5.32 Å². The monoisotopic (exact) mass is 418 g/mol. The molecule has 4 nitrogen and oxygen atoms in total. The molecule has 3 heterocycles. The maximum Gasteiger partial charge on any atom is 0.170 e. The van der Waals surface area contributed by atoms with Gasteiger partial charge in [0.05, 0.1) is 17.8 Å². The van der Waals surface area contributed by atoms with Crippen LogP contribution in [-0.4, -0.2) is 25.6 Å². The number of rotatable bonds is 4. The van der Waals surface area contributed by atoms with Crippen LogP contribution in [0.5, 0.6) is 0 Å². The second-order valence-electron chi connectivity index (χ2n) is 8.64. The zero-order valence-electron chi connectivity index (χ0n) is 18.6. The molecule has 2 atom stereocenters. The zero-order chi connectivity index (χ0) is 21.6. The van der Waals surface area contributed by atoms with Gasteiger partial charge in [-0.05, 0) is 101 Å². The van der Waals surface area contributed by atoms with Gasteiger partial charge in [0.25, 0.3) is 0 Å². The molecule has 1 aliphatic heterocycles. The summed E-state index contributed by atoms with van der Waals surface area (Å²) in [5, 5.41) is 4.34. The minimum Gasteiger partial charge on any atom is -0.352 e. The van der Waals surface area contributed by atoms with Gasteiger partial charge in [-0.2, -0.15) is 0 Å². The average molecular weight is 419 g/mol. The predicted molar refractivity (Wildman–Crippen MR) is 127 cm³/mol. The first kappa shape index (κ1) is 20.6. The number of benzene rings is 1. The number of aromatic nitrogens is 2. The maximum absolute atomic E-state index is 5.76. The Morgan fingerprint density at radius 2 is 1.70 bits per heavy atom. The van der Waals surface area contributed by atoms with Gasteiger partial charge in [-0.25, -0.2) is 0 Å². The molecule has 30 heavy (non-hydrogen) atoms. The van der Waals surface area contributed by atoms with Gasteiger partial charge in [0.2, 0.25) is 0 Å². The Morgan fingerprint density at radius 3 is 2.30 bits per heavy atom. The standard InChI is InChI=1S/C25H30N4S/c1-15(2)28-24(23(27-25(28)30)22-9-7-8-10-26-22)21-14-18(5)29(19(21)6)20-12-16(3)11-17(4)13-20/h7-15,23-24H,1-6H3,(H,27,30)/t23-,24+/m0/s1. The van der Waals surface area contributed by atoms with Crippen LogP contribution in [0.3, 0.4) is 0 Å². The molecule has 0 radical (unpaired) electrons. The molecule has 156 valence electrons. The van der Waals surface area contributed by atoms with E-state index in [0.29, 0.717) is 0 Å². The highest BCUT2D eigenvalue weighted by Crippen LogP contribution is 2.42. The molecular weight excluding hydrogens is 388 g/mol. The summed E-state index contributed by atoms with van der Waals surface area (Å²) in [5.41, 5.74) is 8.56. The third-order valence-electron chi connectivity index (χ3n) is 5.95. The summed E-state index contributed by atoms with van der Waals surface area (Å²) in [6, 6.07) is 15.5. The van der Waals surface area contributed by atoms with Crippen LogP contribution in [0, 0.1) is 27.7 Å². The first-order valence-corrected chi connectivity index (χ1v) is 11.0. The number of hydrogen-bond donors (Lipinski definition) is 1. The van der Waals surface area contributed by atoms with Gasteiger partial charge in [-0.15, -0.1) is 0 Å². The molecule has 0 saturated carbocycles. The van der Waals surface area contributed by atoms with E-state index < -0.39 is 0 Å². The minimum atomic E-state index is 0.0225. The van der Waals surface area contributed by atoms with Crippen LogP contribution >= 0.6 is 12.2 Å². The molecule has 1 saturated heterocycles. The van der Waals surface area contributed by atoms with Gasteiger partial charge < -0.3 is 14.8 Å². The topological polar surface area (TPSA) is 33.1 Å². The second-order valence-corrected chi connectivity index (χ2v) is 9.02. The van der Waals surface area contributed by atoms with Crippen LogP contribution in [-0.2, 0) is 0 Å². The smallest absolute Gasteiger partial charge is 0.170 e. The highest BCUT2D eigenvalue weighted by atomic mass is 32.1. The molecule has 0 amide bonds. The lowest BCUT2D eigenvalue weighted by Crippen LogP contribution is -2.35. The van der Waals surface area contributed by atoms with E-state index in [0.717, 1.165) is 10.8 Å². The van der Waals surface area contributed by atoms with Crippen LogP contribution in [0.25, 0.3) is 5.69 Å². The Bertz CT molecular complexity index is 1060. The lowest BCUT2D eigenvalue weighted by molar-refractivity contribution is 0.269. The molecule has 3 aromatic rings. The van der Waals surface area contributed by atoms with Crippen molar-refractivity contribution in [1.82, 2.24) is 19.8 Å². The molecule has 1 N–H and O–H groups in total. The van der Waals surface area contributed by atoms with E-state index in [2.05, 4.69) is 91.6 Å². The largest absolute Gasteiger partial charge is 0.352 e. The van der Waals surface area contributed by atoms with Crippen molar-refractivity contribution in [2.75, 3.05) is 0 Å². The van der Waals surface area contributed by atoms with E-state index >= 15 is 0 Å². The van der Waals surface area contributed by atoms with E-state index in [1.807, 2.05) is 18.3 Å². The van der Waals surface area contributed by atoms with E-state index in [4.69, 9.17) is 12.2 Å². The summed E-state index contributed by atoms with van der Waals surface area (Å²) in [6.07, 6.45) is 1.86. The Morgan fingerprint density at radius 1 is 1.00 bits per heavy atom. The lowest BCUT2D eigenvalue weighted by Gasteiger charge is -2.31. The van der Waals surface area contributed by atoms with Gasteiger partial charge in [0, 0.05) is 29.3 Å². The molecule has 1 fully saturated rings. The average Bonchev–Trinajstić information content (AvgIpc) is 3.17. The lowest BCUT2D eigenvalue weighted by atomic mass is 9.96. The van der Waals surface area contributed by atoms with E-state index in [1.165, 1.54) is 33.8 Å². The second kappa shape index (κ2) is 7.88. The van der Waals surface area contributed by atoms with Crippen molar-refractivity contribution in [3.63, 3.8) is 0 Å². The fourth-order valence-corrected chi connectivity index (χ4v) is 5.27. The van der Waals surface area contributed by atoms with Crippen molar-refractivity contribution >= 4 is 17.3 Å². The predicted octanol–water partition coefficient (Wildman–Crippen LogP) is 5.49. The molecule has 5 heteroatoms. The van der Waals surface area contributed by atoms with Crippen molar-refractivity contribution < 1.29 is 0 Å². The van der Waals surface area contributed by atoms with Crippen LogP contribution in [0.1, 0.15) is 59.7 Å². The highest BCUT2D eigenvalue weighted by molar-refractivity contribution is 7.80. The first-order valence-electron chi connectivity index (χ1n) is 10.5. The summed E-state index contributed by atoms with van der Waals surface area (Å²) < 4.78 is 2.37. The van der Waals surface area contributed by atoms with Crippen molar-refractivity contribution in [2.24, 2.45) is 0 Å². The van der Waals surface area contributed by atoms with Gasteiger partial charge >= 0.3 is 0 Å². The minimum absolute atomic E-state index is 0.0225. The van der Waals surface area contributed by atoms with Crippen LogP contribution in [0.4, 0.5) is 0 Å². The fourth-order valence-electron chi connectivity index (χ4n) is 4.82. The Hall–Kier alpha value is -2.66. The van der Waals surface area contributed by atoms with E-state index in [1.54, 1.807) is 0 Å². The van der Waals surface area contributed by atoms with Crippen LogP contribution in [0.15, 0.2) is 48.7 Å². The Kier molecular flexibility index (Phi) is 5.41. The van der Waals surface area contributed by atoms with Gasteiger partial charge in [0.1, 0.15) is 0 Å². The summed E-state index contributed by atoms with van der Waals surface area (Å²) in [7, 11) is 0. The summed E-state index contributed by atoms with van der Waals surface area (Å²) in [6.45, 7) is 13.1. The molecular formula is C25H30N4S. The number of hydrogen-bond acceptors (Lipinski definition) is 2. The van der Waals surface area contributed by atoms with Crippen molar-refractivity contribution in [3.8, 4) is 5.69 Å². The van der Waals surface area contributed by atoms with Crippen LogP contribution in [0.2, 0.25) is 0 Å². The number of pyridine rings is 1. The molecule has 4 rings (SSSR count). The third kappa shape index (κ3) is 3.52. The maximum atomic E-state index is 5.76. The quantitative estimate of drug-likeness (QED) is 0.568. The number of nitrogens with zero attached hydrogens (tertiary/aromatic N) is 3. The van der Waals surface area contributed by atoms with Gasteiger partial charge in [-0.3, -0.25) is 4.98 Å². The molecule has 0 unspecified atom stereocenters. The number of thiocarbonyl (C=S) groups is 1. The van der Waals surface area contributed by atoms with E-state index in [9.17, 15) is 0 Å². The zero-order valence-corrected chi connectivity index (χ0v) is 19.4. The Labute approximate surface area is 184 Å². The number of nitrogens with one attached hydrogen (secondary N) is 1. The molecule has 1 aromatic carbocycles. The highest BCUT2D eigenvalue weighted by Gasteiger charge is 2.42. The Balaban J connectivity index is 1.87. The summed E-state index contributed by atoms with van der Waals surface area (Å²) in [5.74, 6) is 0. The molecule has 0 bridgehead atoms.